The lowest BCUT2D eigenvalue weighted by molar-refractivity contribution is 0.102. The highest BCUT2D eigenvalue weighted by Gasteiger charge is 2.14. The molecule has 0 unspecified atom stereocenters. The van der Waals surface area contributed by atoms with Crippen LogP contribution in [0.15, 0.2) is 24.3 Å². The van der Waals surface area contributed by atoms with Crippen molar-refractivity contribution >= 4 is 40.2 Å². The number of anilines is 2. The van der Waals surface area contributed by atoms with Crippen LogP contribution in [-0.4, -0.2) is 30.2 Å². The van der Waals surface area contributed by atoms with Crippen molar-refractivity contribution in [1.29, 1.82) is 0 Å². The minimum atomic E-state index is -0.311. The Morgan fingerprint density at radius 2 is 2.06 bits per heavy atom. The van der Waals surface area contributed by atoms with E-state index in [2.05, 4.69) is 15.5 Å². The lowest BCUT2D eigenvalue weighted by atomic mass is 10.2. The number of amides is 1. The van der Waals surface area contributed by atoms with Gasteiger partial charge in [0.25, 0.3) is 5.91 Å². The summed E-state index contributed by atoms with van der Waals surface area (Å²) in [5.74, 6) is -0.311. The number of carbonyl (C=O) groups is 1. The molecule has 0 fully saturated rings. The molecule has 0 saturated heterocycles. The van der Waals surface area contributed by atoms with E-state index in [1.165, 1.54) is 0 Å². The van der Waals surface area contributed by atoms with Gasteiger partial charge in [0.2, 0.25) is 9.47 Å². The van der Waals surface area contributed by atoms with Crippen molar-refractivity contribution in [3.8, 4) is 0 Å². The Labute approximate surface area is 113 Å². The average Bonchev–Trinajstić information content (AvgIpc) is 2.76. The van der Waals surface area contributed by atoms with Crippen LogP contribution in [0.25, 0.3) is 0 Å². The van der Waals surface area contributed by atoms with Gasteiger partial charge in [0.15, 0.2) is 0 Å². The van der Waals surface area contributed by atoms with E-state index < -0.39 is 0 Å². The van der Waals surface area contributed by atoms with Gasteiger partial charge in [-0.15, -0.1) is 10.2 Å². The summed E-state index contributed by atoms with van der Waals surface area (Å²) in [6.45, 7) is 0. The number of nitrogens with one attached hydrogen (secondary N) is 1. The molecule has 1 amide bonds. The summed E-state index contributed by atoms with van der Waals surface area (Å²) in [5.41, 5.74) is 1.64. The largest absolute Gasteiger partial charge is 0.376 e. The molecule has 18 heavy (non-hydrogen) atoms. The number of benzene rings is 1. The van der Waals surface area contributed by atoms with Gasteiger partial charge in [-0.3, -0.25) is 4.79 Å². The summed E-state index contributed by atoms with van der Waals surface area (Å²) >= 11 is 6.69. The summed E-state index contributed by atoms with van der Waals surface area (Å²) in [7, 11) is 3.82. The van der Waals surface area contributed by atoms with Crippen LogP contribution >= 0.6 is 22.9 Å². The van der Waals surface area contributed by atoms with Crippen LogP contribution in [0.1, 0.15) is 9.80 Å². The van der Waals surface area contributed by atoms with Gasteiger partial charge in [0, 0.05) is 14.1 Å². The van der Waals surface area contributed by atoms with E-state index in [0.29, 0.717) is 0 Å². The van der Waals surface area contributed by atoms with E-state index in [-0.39, 0.29) is 15.4 Å². The molecule has 0 aliphatic rings. The minimum absolute atomic E-state index is 0.244. The molecule has 94 valence electrons. The first-order valence-electron chi connectivity index (χ1n) is 5.14. The zero-order valence-corrected chi connectivity index (χ0v) is 11.4. The van der Waals surface area contributed by atoms with E-state index >= 15 is 0 Å². The Kier molecular flexibility index (Phi) is 3.78. The molecule has 1 N–H and O–H groups in total. The second-order valence-electron chi connectivity index (χ2n) is 3.73. The molecule has 0 saturated carbocycles. The van der Waals surface area contributed by atoms with Gasteiger partial charge in [-0.05, 0) is 23.7 Å². The fourth-order valence-corrected chi connectivity index (χ4v) is 2.17. The molecule has 1 heterocycles. The van der Waals surface area contributed by atoms with Gasteiger partial charge in [0.1, 0.15) is 0 Å². The Hall–Kier alpha value is -1.66. The molecule has 0 aliphatic carbocycles. The fraction of sp³-hybridized carbons (Fsp3) is 0.182. The van der Waals surface area contributed by atoms with E-state index in [1.807, 2.05) is 43.3 Å². The number of para-hydroxylation sites is 2. The van der Waals surface area contributed by atoms with Gasteiger partial charge in [-0.1, -0.05) is 23.5 Å². The monoisotopic (exact) mass is 282 g/mol. The highest BCUT2D eigenvalue weighted by atomic mass is 35.5. The minimum Gasteiger partial charge on any atom is -0.376 e. The number of nitrogens with zero attached hydrogens (tertiary/aromatic N) is 3. The fourth-order valence-electron chi connectivity index (χ4n) is 1.44. The Morgan fingerprint density at radius 3 is 2.67 bits per heavy atom. The summed E-state index contributed by atoms with van der Waals surface area (Å²) in [6.07, 6.45) is 0. The third-order valence-corrected chi connectivity index (χ3v) is 3.25. The lowest BCUT2D eigenvalue weighted by Crippen LogP contribution is -2.16. The highest BCUT2D eigenvalue weighted by Crippen LogP contribution is 2.24. The van der Waals surface area contributed by atoms with Crippen LogP contribution in [0.5, 0.6) is 0 Å². The molecule has 2 aromatic rings. The van der Waals surface area contributed by atoms with Crippen molar-refractivity contribution in [3.05, 3.63) is 33.7 Å². The van der Waals surface area contributed by atoms with Crippen LogP contribution in [-0.2, 0) is 0 Å². The summed E-state index contributed by atoms with van der Waals surface area (Å²) in [4.78, 5) is 13.8. The van der Waals surface area contributed by atoms with Crippen molar-refractivity contribution < 1.29 is 4.79 Å². The maximum Gasteiger partial charge on any atom is 0.286 e. The average molecular weight is 283 g/mol. The molecule has 0 atom stereocenters. The van der Waals surface area contributed by atoms with Crippen molar-refractivity contribution in [2.75, 3.05) is 24.3 Å². The van der Waals surface area contributed by atoms with Crippen molar-refractivity contribution in [1.82, 2.24) is 10.2 Å². The molecule has 7 heteroatoms. The second kappa shape index (κ2) is 5.32. The molecule has 0 bridgehead atoms. The molecule has 1 aromatic heterocycles. The van der Waals surface area contributed by atoms with Gasteiger partial charge in [-0.25, -0.2) is 0 Å². The summed E-state index contributed by atoms with van der Waals surface area (Å²) in [6, 6.07) is 7.51. The number of rotatable bonds is 3. The first-order valence-corrected chi connectivity index (χ1v) is 6.34. The van der Waals surface area contributed by atoms with Crippen LogP contribution < -0.4 is 10.2 Å². The lowest BCUT2D eigenvalue weighted by Gasteiger charge is -2.17. The van der Waals surface area contributed by atoms with Gasteiger partial charge < -0.3 is 10.2 Å². The zero-order chi connectivity index (χ0) is 13.1. The first-order chi connectivity index (χ1) is 8.58. The smallest absolute Gasteiger partial charge is 0.286 e. The number of hydrogen-bond acceptors (Lipinski definition) is 5. The molecular weight excluding hydrogens is 272 g/mol. The number of carbonyl (C=O) groups excluding carboxylic acids is 1. The van der Waals surface area contributed by atoms with Gasteiger partial charge >= 0.3 is 0 Å². The van der Waals surface area contributed by atoms with Crippen molar-refractivity contribution in [2.45, 2.75) is 0 Å². The topological polar surface area (TPSA) is 58.1 Å². The predicted octanol–water partition coefficient (Wildman–Crippen LogP) is 2.51. The molecule has 1 aromatic carbocycles. The maximum atomic E-state index is 11.9. The summed E-state index contributed by atoms with van der Waals surface area (Å²) in [5, 5.41) is 10.3. The van der Waals surface area contributed by atoms with Gasteiger partial charge in [0.05, 0.1) is 11.4 Å². The van der Waals surface area contributed by atoms with Crippen molar-refractivity contribution in [2.24, 2.45) is 0 Å². The number of hydrogen-bond donors (Lipinski definition) is 1. The molecule has 2 rings (SSSR count). The molecule has 0 spiro atoms. The Balaban J connectivity index is 2.22. The van der Waals surface area contributed by atoms with Crippen molar-refractivity contribution in [3.63, 3.8) is 0 Å². The molecule has 0 radical (unpaired) electrons. The van der Waals surface area contributed by atoms with Gasteiger partial charge in [-0.2, -0.15) is 0 Å². The quantitative estimate of drug-likeness (QED) is 0.940. The Morgan fingerprint density at radius 1 is 1.33 bits per heavy atom. The third kappa shape index (κ3) is 2.77. The van der Waals surface area contributed by atoms with E-state index in [1.54, 1.807) is 0 Å². The van der Waals surface area contributed by atoms with Crippen LogP contribution in [0.3, 0.4) is 0 Å². The molecule has 0 aliphatic heterocycles. The van der Waals surface area contributed by atoms with E-state index in [0.717, 1.165) is 22.7 Å². The predicted molar refractivity (Wildman–Crippen MR) is 73.6 cm³/mol. The normalized spacial score (nSPS) is 10.2. The number of halogens is 1. The zero-order valence-electron chi connectivity index (χ0n) is 9.85. The summed E-state index contributed by atoms with van der Waals surface area (Å²) < 4.78 is 0.251. The first kappa shape index (κ1) is 12.8. The molecular formula is C11H11ClN4OS. The second-order valence-corrected chi connectivity index (χ2v) is 5.29. The molecule has 5 nitrogen and oxygen atoms in total. The van der Waals surface area contributed by atoms with E-state index in [9.17, 15) is 4.79 Å². The van der Waals surface area contributed by atoms with Crippen LogP contribution in [0.2, 0.25) is 4.47 Å². The highest BCUT2D eigenvalue weighted by molar-refractivity contribution is 7.17. The van der Waals surface area contributed by atoms with E-state index in [4.69, 9.17) is 11.6 Å². The van der Waals surface area contributed by atoms with Crippen LogP contribution in [0.4, 0.5) is 11.4 Å². The van der Waals surface area contributed by atoms with Crippen LogP contribution in [0, 0.1) is 0 Å². The Bertz CT molecular complexity index is 570. The standard InChI is InChI=1S/C11H11ClN4OS/c1-16(2)8-6-4-3-5-7(8)13-9(17)10-14-15-11(12)18-10/h3-6H,1-2H3,(H,13,17). The SMILES string of the molecule is CN(C)c1ccccc1NC(=O)c1nnc(Cl)s1. The number of aromatic nitrogens is 2. The third-order valence-electron chi connectivity index (χ3n) is 2.23. The maximum absolute atomic E-state index is 11.9.